The van der Waals surface area contributed by atoms with Gasteiger partial charge >= 0.3 is 6.72 Å². The number of nitrogens with one attached hydrogen (secondary N) is 1. The number of hydrogen-bond acceptors (Lipinski definition) is 3. The SMILES string of the molecule is CC(C)CSP(=O)(O)N(C(=S)Nc1ccccc1)c1ccccc1. The number of hydrogen-bond donors (Lipinski definition) is 2. The summed E-state index contributed by atoms with van der Waals surface area (Å²) in [5, 5.41) is 3.25. The number of para-hydroxylation sites is 2. The largest absolute Gasteiger partial charge is 0.357 e. The van der Waals surface area contributed by atoms with Crippen molar-refractivity contribution in [3.63, 3.8) is 0 Å². The van der Waals surface area contributed by atoms with Crippen molar-refractivity contribution in [2.75, 3.05) is 15.7 Å². The van der Waals surface area contributed by atoms with Crippen molar-refractivity contribution < 1.29 is 9.46 Å². The van der Waals surface area contributed by atoms with Gasteiger partial charge in [-0.15, -0.1) is 0 Å². The van der Waals surface area contributed by atoms with Crippen molar-refractivity contribution in [3.05, 3.63) is 60.7 Å². The molecule has 1 atom stereocenters. The minimum absolute atomic E-state index is 0.203. The van der Waals surface area contributed by atoms with Gasteiger partial charge in [0.25, 0.3) is 0 Å². The van der Waals surface area contributed by atoms with Crippen LogP contribution in [0.5, 0.6) is 0 Å². The first kappa shape index (κ1) is 19.0. The molecule has 0 heterocycles. The zero-order valence-electron chi connectivity index (χ0n) is 13.6. The van der Waals surface area contributed by atoms with E-state index in [2.05, 4.69) is 5.32 Å². The van der Waals surface area contributed by atoms with Gasteiger partial charge in [-0.1, -0.05) is 50.2 Å². The van der Waals surface area contributed by atoms with Crippen LogP contribution in [0.3, 0.4) is 0 Å². The topological polar surface area (TPSA) is 52.6 Å². The van der Waals surface area contributed by atoms with Gasteiger partial charge < -0.3 is 10.2 Å². The average Bonchev–Trinajstić information content (AvgIpc) is 2.55. The molecule has 7 heteroatoms. The van der Waals surface area contributed by atoms with E-state index >= 15 is 0 Å². The van der Waals surface area contributed by atoms with Crippen LogP contribution in [-0.2, 0) is 4.57 Å². The second kappa shape index (κ2) is 8.67. The number of thiocarbonyl (C=S) groups is 1. The summed E-state index contributed by atoms with van der Waals surface area (Å²) < 4.78 is 14.3. The summed E-state index contributed by atoms with van der Waals surface area (Å²) >= 11 is 6.47. The Kier molecular flexibility index (Phi) is 6.87. The maximum Gasteiger partial charge on any atom is 0.357 e. The number of anilines is 2. The van der Waals surface area contributed by atoms with Crippen LogP contribution < -0.4 is 9.99 Å². The molecule has 2 aromatic rings. The van der Waals surface area contributed by atoms with Gasteiger partial charge in [0, 0.05) is 11.4 Å². The van der Waals surface area contributed by atoms with Gasteiger partial charge in [0.05, 0.1) is 5.69 Å². The van der Waals surface area contributed by atoms with Crippen LogP contribution in [0.1, 0.15) is 13.8 Å². The molecule has 0 aromatic heterocycles. The maximum atomic E-state index is 13.0. The normalized spacial score (nSPS) is 13.3. The summed E-state index contributed by atoms with van der Waals surface area (Å²) in [6.07, 6.45) is 0. The van der Waals surface area contributed by atoms with Crippen molar-refractivity contribution in [3.8, 4) is 0 Å². The molecule has 0 aliphatic heterocycles. The molecule has 2 rings (SSSR count). The summed E-state index contributed by atoms with van der Waals surface area (Å²) in [5.74, 6) is 0.883. The fourth-order valence-electron chi connectivity index (χ4n) is 1.95. The van der Waals surface area contributed by atoms with Gasteiger partial charge in [-0.3, -0.25) is 4.57 Å². The van der Waals surface area contributed by atoms with Crippen LogP contribution in [0.2, 0.25) is 0 Å². The van der Waals surface area contributed by atoms with Crippen molar-refractivity contribution in [1.82, 2.24) is 0 Å². The molecule has 2 aromatic carbocycles. The standard InChI is InChI=1S/C17H21N2O2PS2/c1-14(2)13-24-22(20,21)19(16-11-7-4-8-12-16)17(23)18-15-9-5-3-6-10-15/h3-12,14H,13H2,1-2H3,(H,18,23)(H,20,21). The molecule has 128 valence electrons. The molecule has 4 nitrogen and oxygen atoms in total. The molecule has 0 saturated heterocycles. The minimum Gasteiger partial charge on any atom is -0.332 e. The monoisotopic (exact) mass is 380 g/mol. The Hall–Kier alpha value is -1.33. The summed E-state index contributed by atoms with van der Waals surface area (Å²) in [5.41, 5.74) is 1.37. The summed E-state index contributed by atoms with van der Waals surface area (Å²) in [6.45, 7) is 0.303. The van der Waals surface area contributed by atoms with Gasteiger partial charge in [-0.25, -0.2) is 4.67 Å². The number of nitrogens with zero attached hydrogens (tertiary/aromatic N) is 1. The smallest absolute Gasteiger partial charge is 0.332 e. The van der Waals surface area contributed by atoms with E-state index in [1.54, 1.807) is 12.1 Å². The first-order chi connectivity index (χ1) is 11.4. The molecule has 0 fully saturated rings. The molecule has 1 unspecified atom stereocenters. The molecule has 0 amide bonds. The predicted molar refractivity (Wildman–Crippen MR) is 109 cm³/mol. The quantitative estimate of drug-likeness (QED) is 0.518. The lowest BCUT2D eigenvalue weighted by Crippen LogP contribution is -2.31. The molecule has 2 N–H and O–H groups in total. The first-order valence-electron chi connectivity index (χ1n) is 7.59. The van der Waals surface area contributed by atoms with E-state index in [1.807, 2.05) is 62.4 Å². The number of benzene rings is 2. The van der Waals surface area contributed by atoms with Crippen molar-refractivity contribution in [2.24, 2.45) is 5.92 Å². The molecular formula is C17H21N2O2PS2. The van der Waals surface area contributed by atoms with Crippen LogP contribution in [0, 0.1) is 5.92 Å². The van der Waals surface area contributed by atoms with E-state index in [0.717, 1.165) is 17.1 Å². The highest BCUT2D eigenvalue weighted by molar-refractivity contribution is 8.56. The van der Waals surface area contributed by atoms with E-state index in [0.29, 0.717) is 17.4 Å². The fourth-order valence-corrected chi connectivity index (χ4v) is 6.32. The van der Waals surface area contributed by atoms with Gasteiger partial charge in [-0.05, 0) is 53.8 Å². The Labute approximate surface area is 152 Å². The Morgan fingerprint density at radius 2 is 1.71 bits per heavy atom. The Bertz CT molecular complexity index is 711. The van der Waals surface area contributed by atoms with Gasteiger partial charge in [0.1, 0.15) is 0 Å². The predicted octanol–water partition coefficient (Wildman–Crippen LogP) is 5.38. The zero-order valence-corrected chi connectivity index (χ0v) is 16.2. The van der Waals surface area contributed by atoms with Gasteiger partial charge in [0.2, 0.25) is 0 Å². The van der Waals surface area contributed by atoms with Crippen LogP contribution in [-0.4, -0.2) is 15.8 Å². The molecule has 0 spiro atoms. The summed E-state index contributed by atoms with van der Waals surface area (Å²) in [6, 6.07) is 18.4. The fraction of sp³-hybridized carbons (Fsp3) is 0.235. The highest BCUT2D eigenvalue weighted by atomic mass is 32.7. The summed E-state index contributed by atoms with van der Waals surface area (Å²) in [7, 11) is 0. The third kappa shape index (κ3) is 5.35. The second-order valence-electron chi connectivity index (χ2n) is 5.62. The van der Waals surface area contributed by atoms with E-state index in [9.17, 15) is 9.46 Å². The molecule has 0 saturated carbocycles. The van der Waals surface area contributed by atoms with Crippen molar-refractivity contribution in [1.29, 1.82) is 0 Å². The minimum atomic E-state index is -3.73. The Balaban J connectivity index is 2.29. The highest BCUT2D eigenvalue weighted by Gasteiger charge is 2.33. The lowest BCUT2D eigenvalue weighted by molar-refractivity contribution is 0.498. The van der Waals surface area contributed by atoms with E-state index in [1.165, 1.54) is 4.67 Å². The van der Waals surface area contributed by atoms with Crippen LogP contribution in [0.25, 0.3) is 0 Å². The Morgan fingerprint density at radius 3 is 2.25 bits per heavy atom. The summed E-state index contributed by atoms with van der Waals surface area (Å²) in [4.78, 5) is 10.6. The van der Waals surface area contributed by atoms with E-state index in [-0.39, 0.29) is 5.11 Å². The van der Waals surface area contributed by atoms with Crippen molar-refractivity contribution >= 4 is 46.8 Å². The van der Waals surface area contributed by atoms with E-state index < -0.39 is 6.72 Å². The molecule has 0 bridgehead atoms. The second-order valence-corrected chi connectivity index (χ2v) is 10.2. The van der Waals surface area contributed by atoms with Crippen LogP contribution >= 0.6 is 30.3 Å². The van der Waals surface area contributed by atoms with Gasteiger partial charge in [-0.2, -0.15) is 0 Å². The van der Waals surface area contributed by atoms with Crippen molar-refractivity contribution in [2.45, 2.75) is 13.8 Å². The average molecular weight is 380 g/mol. The zero-order chi connectivity index (χ0) is 17.6. The lowest BCUT2D eigenvalue weighted by atomic mass is 10.3. The highest BCUT2D eigenvalue weighted by Crippen LogP contribution is 2.60. The maximum absolute atomic E-state index is 13.0. The third-order valence-electron chi connectivity index (χ3n) is 3.05. The molecule has 0 aliphatic carbocycles. The lowest BCUT2D eigenvalue weighted by Gasteiger charge is -2.29. The molecule has 24 heavy (non-hydrogen) atoms. The third-order valence-corrected chi connectivity index (χ3v) is 7.50. The Morgan fingerprint density at radius 1 is 1.17 bits per heavy atom. The number of rotatable bonds is 6. The first-order valence-corrected chi connectivity index (χ1v) is 11.2. The van der Waals surface area contributed by atoms with Gasteiger partial charge in [0.15, 0.2) is 5.11 Å². The van der Waals surface area contributed by atoms with E-state index in [4.69, 9.17) is 12.2 Å². The molecular weight excluding hydrogens is 359 g/mol. The molecule has 0 aliphatic rings. The van der Waals surface area contributed by atoms with Crippen LogP contribution in [0.15, 0.2) is 60.7 Å². The molecule has 0 radical (unpaired) electrons. The van der Waals surface area contributed by atoms with Crippen LogP contribution in [0.4, 0.5) is 11.4 Å².